The molecule has 0 aliphatic carbocycles. The lowest BCUT2D eigenvalue weighted by Gasteiger charge is -2.20. The Morgan fingerprint density at radius 3 is 2.62 bits per heavy atom. The van der Waals surface area contributed by atoms with Gasteiger partial charge in [0.1, 0.15) is 5.60 Å². The van der Waals surface area contributed by atoms with Crippen molar-refractivity contribution in [3.63, 3.8) is 0 Å². The molecule has 0 fully saturated rings. The van der Waals surface area contributed by atoms with Gasteiger partial charge in [-0.1, -0.05) is 0 Å². The summed E-state index contributed by atoms with van der Waals surface area (Å²) >= 11 is 3.34. The second-order valence-corrected chi connectivity index (χ2v) is 5.28. The molecular weight excluding hydrogens is 272 g/mol. The van der Waals surface area contributed by atoms with Gasteiger partial charge in [0, 0.05) is 10.7 Å². The Morgan fingerprint density at radius 1 is 1.44 bits per heavy atom. The predicted molar refractivity (Wildman–Crippen MR) is 66.5 cm³/mol. The zero-order valence-corrected chi connectivity index (χ0v) is 11.4. The molecule has 0 saturated carbocycles. The molecular formula is C11H15BrN2O2. The van der Waals surface area contributed by atoms with Gasteiger partial charge in [-0.15, -0.1) is 0 Å². The first kappa shape index (κ1) is 13.0. The molecule has 1 heterocycles. The molecule has 1 aromatic rings. The van der Waals surface area contributed by atoms with Gasteiger partial charge in [0.05, 0.1) is 11.9 Å². The molecule has 0 aliphatic heterocycles. The summed E-state index contributed by atoms with van der Waals surface area (Å²) in [7, 11) is 0. The molecule has 16 heavy (non-hydrogen) atoms. The van der Waals surface area contributed by atoms with Crippen LogP contribution < -0.4 is 5.32 Å². The number of aromatic nitrogens is 1. The molecule has 88 valence electrons. The molecule has 0 unspecified atom stereocenters. The summed E-state index contributed by atoms with van der Waals surface area (Å²) in [4.78, 5) is 15.5. The van der Waals surface area contributed by atoms with Gasteiger partial charge in [-0.05, 0) is 49.2 Å². The van der Waals surface area contributed by atoms with Crippen molar-refractivity contribution in [1.29, 1.82) is 0 Å². The minimum atomic E-state index is -0.503. The van der Waals surface area contributed by atoms with E-state index >= 15 is 0 Å². The molecule has 0 aliphatic rings. The van der Waals surface area contributed by atoms with Gasteiger partial charge in [-0.2, -0.15) is 0 Å². The van der Waals surface area contributed by atoms with Gasteiger partial charge in [0.25, 0.3) is 0 Å². The number of halogens is 1. The maximum Gasteiger partial charge on any atom is 0.412 e. The van der Waals surface area contributed by atoms with Crippen LogP contribution in [0.4, 0.5) is 10.5 Å². The molecule has 0 bridgehead atoms. The lowest BCUT2D eigenvalue weighted by molar-refractivity contribution is 0.0635. The average Bonchev–Trinajstić information content (AvgIpc) is 2.09. The highest BCUT2D eigenvalue weighted by Gasteiger charge is 2.17. The summed E-state index contributed by atoms with van der Waals surface area (Å²) in [5.74, 6) is 0. The highest BCUT2D eigenvalue weighted by molar-refractivity contribution is 9.10. The Bertz CT molecular complexity index is 399. The number of amides is 1. The molecule has 1 aromatic heterocycles. The third-order valence-corrected chi connectivity index (χ3v) is 2.59. The Morgan fingerprint density at radius 2 is 2.06 bits per heavy atom. The maximum atomic E-state index is 11.5. The monoisotopic (exact) mass is 286 g/mol. The number of nitrogens with one attached hydrogen (secondary N) is 1. The van der Waals surface area contributed by atoms with Crippen molar-refractivity contribution in [2.24, 2.45) is 0 Å². The Hall–Kier alpha value is -1.10. The molecule has 1 amide bonds. The highest BCUT2D eigenvalue weighted by Crippen LogP contribution is 2.22. The number of hydrogen-bond donors (Lipinski definition) is 1. The number of carbonyl (C=O) groups is 1. The van der Waals surface area contributed by atoms with Crippen molar-refractivity contribution in [3.05, 3.63) is 22.4 Å². The van der Waals surface area contributed by atoms with Crippen molar-refractivity contribution in [2.45, 2.75) is 33.3 Å². The van der Waals surface area contributed by atoms with E-state index < -0.39 is 11.7 Å². The first-order chi connectivity index (χ1) is 7.29. The van der Waals surface area contributed by atoms with Crippen LogP contribution in [-0.2, 0) is 4.74 Å². The second kappa shape index (κ2) is 4.82. The molecule has 1 rings (SSSR count). The van der Waals surface area contributed by atoms with Crippen LogP contribution in [0.1, 0.15) is 26.3 Å². The molecule has 5 heteroatoms. The predicted octanol–water partition coefficient (Wildman–Crippen LogP) is 3.50. The average molecular weight is 287 g/mol. The van der Waals surface area contributed by atoms with Crippen LogP contribution in [-0.4, -0.2) is 16.7 Å². The largest absolute Gasteiger partial charge is 0.444 e. The fourth-order valence-corrected chi connectivity index (χ4v) is 1.37. The maximum absolute atomic E-state index is 11.5. The van der Waals surface area contributed by atoms with Crippen molar-refractivity contribution < 1.29 is 9.53 Å². The summed E-state index contributed by atoms with van der Waals surface area (Å²) in [6.45, 7) is 7.34. The SMILES string of the molecule is Cc1c(Br)cncc1NC(=O)OC(C)(C)C. The third kappa shape index (κ3) is 3.81. The minimum absolute atomic E-state index is 0.476. The van der Waals surface area contributed by atoms with E-state index in [-0.39, 0.29) is 0 Å². The van der Waals surface area contributed by atoms with Gasteiger partial charge in [-0.3, -0.25) is 10.3 Å². The van der Waals surface area contributed by atoms with E-state index in [0.29, 0.717) is 5.69 Å². The molecule has 1 N–H and O–H groups in total. The number of carbonyl (C=O) groups excluding carboxylic acids is 1. The van der Waals surface area contributed by atoms with Crippen LogP contribution in [0, 0.1) is 6.92 Å². The third-order valence-electron chi connectivity index (χ3n) is 1.79. The number of hydrogen-bond acceptors (Lipinski definition) is 3. The van der Waals surface area contributed by atoms with Gasteiger partial charge in [-0.25, -0.2) is 4.79 Å². The van der Waals surface area contributed by atoms with E-state index in [1.807, 2.05) is 27.7 Å². The summed E-state index contributed by atoms with van der Waals surface area (Å²) in [5.41, 5.74) is 1.06. The fourth-order valence-electron chi connectivity index (χ4n) is 1.04. The van der Waals surface area contributed by atoms with Crippen LogP contribution >= 0.6 is 15.9 Å². The summed E-state index contributed by atoms with van der Waals surface area (Å²) < 4.78 is 5.99. The van der Waals surface area contributed by atoms with E-state index in [1.54, 1.807) is 12.4 Å². The van der Waals surface area contributed by atoms with E-state index in [4.69, 9.17) is 4.74 Å². The number of rotatable bonds is 1. The van der Waals surface area contributed by atoms with Crippen molar-refractivity contribution in [3.8, 4) is 0 Å². The van der Waals surface area contributed by atoms with E-state index in [1.165, 1.54) is 0 Å². The zero-order chi connectivity index (χ0) is 12.3. The Balaban J connectivity index is 2.74. The van der Waals surface area contributed by atoms with Gasteiger partial charge >= 0.3 is 6.09 Å². The van der Waals surface area contributed by atoms with E-state index in [9.17, 15) is 4.79 Å². The number of nitrogens with zero attached hydrogens (tertiary/aromatic N) is 1. The van der Waals surface area contributed by atoms with Crippen molar-refractivity contribution >= 4 is 27.7 Å². The van der Waals surface area contributed by atoms with Crippen LogP contribution in [0.25, 0.3) is 0 Å². The van der Waals surface area contributed by atoms with Crippen molar-refractivity contribution in [1.82, 2.24) is 4.98 Å². The second-order valence-electron chi connectivity index (χ2n) is 4.42. The van der Waals surface area contributed by atoms with Crippen LogP contribution in [0.5, 0.6) is 0 Å². The smallest absolute Gasteiger partial charge is 0.412 e. The molecule has 0 atom stereocenters. The normalized spacial score (nSPS) is 11.1. The van der Waals surface area contributed by atoms with E-state index in [2.05, 4.69) is 26.2 Å². The quantitative estimate of drug-likeness (QED) is 0.860. The Labute approximate surface area is 104 Å². The van der Waals surface area contributed by atoms with Crippen molar-refractivity contribution in [2.75, 3.05) is 5.32 Å². The number of anilines is 1. The minimum Gasteiger partial charge on any atom is -0.444 e. The van der Waals surface area contributed by atoms with Gasteiger partial charge in [0.15, 0.2) is 0 Å². The first-order valence-electron chi connectivity index (χ1n) is 4.90. The number of ether oxygens (including phenoxy) is 1. The molecule has 0 spiro atoms. The van der Waals surface area contributed by atoms with E-state index in [0.717, 1.165) is 10.0 Å². The van der Waals surface area contributed by atoms with Crippen LogP contribution in [0.2, 0.25) is 0 Å². The summed E-state index contributed by atoms with van der Waals surface area (Å²) in [6.07, 6.45) is 2.79. The number of pyridine rings is 1. The molecule has 4 nitrogen and oxygen atoms in total. The van der Waals surface area contributed by atoms with Crippen LogP contribution in [0.3, 0.4) is 0 Å². The molecule has 0 radical (unpaired) electrons. The van der Waals surface area contributed by atoms with Gasteiger partial charge in [0.2, 0.25) is 0 Å². The lowest BCUT2D eigenvalue weighted by atomic mass is 10.2. The summed E-state index contributed by atoms with van der Waals surface area (Å²) in [6, 6.07) is 0. The topological polar surface area (TPSA) is 51.2 Å². The standard InChI is InChI=1S/C11H15BrN2O2/c1-7-8(12)5-13-6-9(7)14-10(15)16-11(2,3)4/h5-6H,1-4H3,(H,14,15). The van der Waals surface area contributed by atoms with Crippen LogP contribution in [0.15, 0.2) is 16.9 Å². The van der Waals surface area contributed by atoms with Gasteiger partial charge < -0.3 is 4.74 Å². The summed E-state index contributed by atoms with van der Waals surface area (Å²) in [5, 5.41) is 2.65. The lowest BCUT2D eigenvalue weighted by Crippen LogP contribution is -2.27. The highest BCUT2D eigenvalue weighted by atomic mass is 79.9. The first-order valence-corrected chi connectivity index (χ1v) is 5.69. The Kier molecular flexibility index (Phi) is 3.91. The molecule has 0 aromatic carbocycles. The zero-order valence-electron chi connectivity index (χ0n) is 9.80. The molecule has 0 saturated heterocycles. The fraction of sp³-hybridized carbons (Fsp3) is 0.455.